The lowest BCUT2D eigenvalue weighted by Gasteiger charge is -2.04. The predicted molar refractivity (Wildman–Crippen MR) is 88.8 cm³/mol. The van der Waals surface area contributed by atoms with Crippen LogP contribution in [0.25, 0.3) is 23.1 Å². The Hall–Kier alpha value is -1.91. The Morgan fingerprint density at radius 3 is 3.00 bits per heavy atom. The van der Waals surface area contributed by atoms with Gasteiger partial charge in [-0.05, 0) is 45.0 Å². The molecule has 0 atom stereocenters. The molecule has 0 aliphatic heterocycles. The van der Waals surface area contributed by atoms with Crippen LogP contribution < -0.4 is 11.1 Å². The van der Waals surface area contributed by atoms with Crippen LogP contribution in [-0.4, -0.2) is 18.1 Å². The van der Waals surface area contributed by atoms with Crippen LogP contribution >= 0.6 is 0 Å². The third-order valence-corrected chi connectivity index (χ3v) is 3.37. The Morgan fingerprint density at radius 2 is 2.29 bits per heavy atom. The van der Waals surface area contributed by atoms with Crippen molar-refractivity contribution in [2.45, 2.75) is 26.3 Å². The minimum absolute atomic E-state index is 0.696. The first-order valence-corrected chi connectivity index (χ1v) is 7.38. The molecule has 0 saturated heterocycles. The molecule has 21 heavy (non-hydrogen) atoms. The van der Waals surface area contributed by atoms with E-state index in [1.807, 2.05) is 37.4 Å². The number of rotatable bonds is 8. The number of nitrogens with zero attached hydrogens (tertiary/aromatic N) is 1. The van der Waals surface area contributed by atoms with Gasteiger partial charge < -0.3 is 15.5 Å². The molecule has 2 aromatic heterocycles. The van der Waals surface area contributed by atoms with Gasteiger partial charge >= 0.3 is 0 Å². The second kappa shape index (κ2) is 7.76. The fourth-order valence-corrected chi connectivity index (χ4v) is 2.33. The maximum Gasteiger partial charge on any atom is 0.158 e. The van der Waals surface area contributed by atoms with Gasteiger partial charge in [-0.15, -0.1) is 0 Å². The molecule has 0 spiro atoms. The van der Waals surface area contributed by atoms with E-state index in [-0.39, 0.29) is 0 Å². The summed E-state index contributed by atoms with van der Waals surface area (Å²) in [5, 5.41) is 4.45. The molecule has 0 aliphatic rings. The Bertz CT molecular complexity index is 628. The van der Waals surface area contributed by atoms with Gasteiger partial charge in [0.1, 0.15) is 5.76 Å². The fourth-order valence-electron chi connectivity index (χ4n) is 2.33. The Labute approximate surface area is 125 Å². The number of unbranched alkanes of at least 4 members (excludes halogenated alkanes) is 1. The monoisotopic (exact) mass is 285 g/mol. The summed E-state index contributed by atoms with van der Waals surface area (Å²) in [6.07, 6.45) is 9.68. The molecule has 0 aromatic carbocycles. The Kier molecular flexibility index (Phi) is 5.72. The first kappa shape index (κ1) is 15.5. The molecular weight excluding hydrogens is 262 g/mol. The fraction of sp³-hybridized carbons (Fsp3) is 0.353. The second-order valence-corrected chi connectivity index (χ2v) is 4.89. The smallest absolute Gasteiger partial charge is 0.158 e. The van der Waals surface area contributed by atoms with E-state index in [1.54, 1.807) is 0 Å². The number of hydrogen-bond donors (Lipinski definition) is 2. The third kappa shape index (κ3) is 3.60. The van der Waals surface area contributed by atoms with E-state index in [2.05, 4.69) is 16.9 Å². The summed E-state index contributed by atoms with van der Waals surface area (Å²) in [5.41, 5.74) is 8.28. The topological polar surface area (TPSA) is 64.1 Å². The van der Waals surface area contributed by atoms with Crippen molar-refractivity contribution in [1.82, 2.24) is 10.3 Å². The normalized spacial score (nSPS) is 11.5. The molecule has 0 saturated carbocycles. The number of hydrogen-bond acceptors (Lipinski definition) is 4. The van der Waals surface area contributed by atoms with E-state index in [9.17, 15) is 0 Å². The lowest BCUT2D eigenvalue weighted by molar-refractivity contribution is 0.581. The highest BCUT2D eigenvalue weighted by Crippen LogP contribution is 2.29. The van der Waals surface area contributed by atoms with E-state index in [4.69, 9.17) is 10.2 Å². The van der Waals surface area contributed by atoms with Crippen LogP contribution in [0.15, 0.2) is 29.3 Å². The van der Waals surface area contributed by atoms with Crippen molar-refractivity contribution in [1.29, 1.82) is 0 Å². The minimum Gasteiger partial charge on any atom is -0.454 e. The summed E-state index contributed by atoms with van der Waals surface area (Å²) in [6.45, 7) is 8.22. The number of nitrogens with one attached hydrogen (secondary N) is 1. The molecule has 0 radical (unpaired) electrons. The number of fused-ring (bicyclic) bond motifs is 1. The number of pyridine rings is 1. The Morgan fingerprint density at radius 1 is 1.43 bits per heavy atom. The maximum atomic E-state index is 5.96. The van der Waals surface area contributed by atoms with Crippen molar-refractivity contribution < 1.29 is 4.42 Å². The van der Waals surface area contributed by atoms with Gasteiger partial charge in [-0.25, -0.2) is 0 Å². The SMILES string of the molecule is C=Cc1c(/C=C\C)oc2c(CNCCCCN)nccc12. The summed E-state index contributed by atoms with van der Waals surface area (Å²) in [6, 6.07) is 1.97. The zero-order chi connectivity index (χ0) is 15.1. The lowest BCUT2D eigenvalue weighted by Crippen LogP contribution is -2.16. The van der Waals surface area contributed by atoms with Crippen molar-refractivity contribution in [2.24, 2.45) is 5.73 Å². The maximum absolute atomic E-state index is 5.96. The molecule has 0 amide bonds. The number of aromatic nitrogens is 1. The van der Waals surface area contributed by atoms with Gasteiger partial charge in [0.2, 0.25) is 0 Å². The summed E-state index contributed by atoms with van der Waals surface area (Å²) in [5.74, 6) is 0.833. The average molecular weight is 285 g/mol. The van der Waals surface area contributed by atoms with Crippen LogP contribution in [0, 0.1) is 0 Å². The molecule has 0 aliphatic carbocycles. The molecule has 0 unspecified atom stereocenters. The standard InChI is InChI=1S/C17H23N3O/c1-3-7-16-13(4-2)14-8-11-20-15(17(14)21-16)12-19-10-6-5-9-18/h3-4,7-8,11,19H,2,5-6,9-10,12,18H2,1H3/b7-3-. The van der Waals surface area contributed by atoms with Gasteiger partial charge in [0.15, 0.2) is 5.58 Å². The van der Waals surface area contributed by atoms with Crippen LogP contribution in [0.2, 0.25) is 0 Å². The number of furan rings is 1. The largest absolute Gasteiger partial charge is 0.454 e. The van der Waals surface area contributed by atoms with Gasteiger partial charge in [-0.1, -0.05) is 18.7 Å². The van der Waals surface area contributed by atoms with Gasteiger partial charge in [-0.2, -0.15) is 0 Å². The van der Waals surface area contributed by atoms with Crippen molar-refractivity contribution in [3.05, 3.63) is 41.9 Å². The predicted octanol–water partition coefficient (Wildman–Crippen LogP) is 3.33. The zero-order valence-corrected chi connectivity index (χ0v) is 12.6. The van der Waals surface area contributed by atoms with E-state index in [0.717, 1.165) is 53.9 Å². The van der Waals surface area contributed by atoms with Crippen LogP contribution in [-0.2, 0) is 6.54 Å². The Balaban J connectivity index is 2.22. The van der Waals surface area contributed by atoms with Crippen LogP contribution in [0.5, 0.6) is 0 Å². The summed E-state index contributed by atoms with van der Waals surface area (Å²) in [7, 11) is 0. The van der Waals surface area contributed by atoms with Crippen LogP contribution in [0.1, 0.15) is 36.8 Å². The highest BCUT2D eigenvalue weighted by atomic mass is 16.3. The molecular formula is C17H23N3O. The van der Waals surface area contributed by atoms with Crippen molar-refractivity contribution >= 4 is 23.1 Å². The molecule has 4 heteroatoms. The van der Waals surface area contributed by atoms with Gasteiger partial charge in [-0.3, -0.25) is 4.98 Å². The van der Waals surface area contributed by atoms with Gasteiger partial charge in [0, 0.05) is 23.7 Å². The van der Waals surface area contributed by atoms with Gasteiger partial charge in [0.25, 0.3) is 0 Å². The average Bonchev–Trinajstić information content (AvgIpc) is 2.85. The lowest BCUT2D eigenvalue weighted by atomic mass is 10.1. The number of nitrogens with two attached hydrogens (primary N) is 1. The molecule has 112 valence electrons. The third-order valence-electron chi connectivity index (χ3n) is 3.37. The first-order valence-electron chi connectivity index (χ1n) is 7.38. The van der Waals surface area contributed by atoms with Crippen molar-refractivity contribution in [2.75, 3.05) is 13.1 Å². The molecule has 2 heterocycles. The highest BCUT2D eigenvalue weighted by molar-refractivity contribution is 5.91. The molecule has 3 N–H and O–H groups in total. The van der Waals surface area contributed by atoms with Crippen LogP contribution in [0.4, 0.5) is 0 Å². The summed E-state index contributed by atoms with van der Waals surface area (Å²) in [4.78, 5) is 4.43. The van der Waals surface area contributed by atoms with Crippen molar-refractivity contribution in [3.8, 4) is 0 Å². The highest BCUT2D eigenvalue weighted by Gasteiger charge is 2.13. The molecule has 0 bridgehead atoms. The van der Waals surface area contributed by atoms with E-state index in [1.165, 1.54) is 0 Å². The van der Waals surface area contributed by atoms with Gasteiger partial charge in [0.05, 0.1) is 5.69 Å². The minimum atomic E-state index is 0.696. The van der Waals surface area contributed by atoms with Crippen molar-refractivity contribution in [3.63, 3.8) is 0 Å². The molecule has 2 aromatic rings. The zero-order valence-electron chi connectivity index (χ0n) is 12.6. The summed E-state index contributed by atoms with van der Waals surface area (Å²) >= 11 is 0. The van der Waals surface area contributed by atoms with E-state index >= 15 is 0 Å². The summed E-state index contributed by atoms with van der Waals surface area (Å²) < 4.78 is 5.96. The van der Waals surface area contributed by atoms with Crippen LogP contribution in [0.3, 0.4) is 0 Å². The molecule has 4 nitrogen and oxygen atoms in total. The second-order valence-electron chi connectivity index (χ2n) is 4.89. The first-order chi connectivity index (χ1) is 10.3. The number of allylic oxidation sites excluding steroid dienone is 1. The molecule has 0 fully saturated rings. The quantitative estimate of drug-likeness (QED) is 0.730. The van der Waals surface area contributed by atoms with E-state index in [0.29, 0.717) is 6.54 Å². The molecule has 2 rings (SSSR count). The van der Waals surface area contributed by atoms with E-state index < -0.39 is 0 Å².